The standard InChI is InChI=1S/C57H74N10O18S/c1-4-5-6-19-84-36-14-12-33(13-15-36)55-65-64-54(86-55)32-10-8-31(9-11-32)49(77)60-37-22-34(69)24-59-53(81)47-48(76)28(2)25-67(47)57(83)46(40(72)17-18-58)63-52(80)45(41(73)20-30-7-16-39(71)42(21-30)85-27-43(74)75)62-51(79)38-23-35(70)26-66(38)56(82)44(29(3)68)61-50(37)78/h7-16,21,28-29,34-35,37-38,40-41,44-48,68-73,76H,4-6,17-20,22-27,58H2,1-3H3,(H,59,81)(H,60,77)(H,61,78)(H,62,79)(H,63,80)(H,74,75)/t28-,29+,34+,35+,37?,38-,40+,41+,44-,45-,46-,47-,48-/m0/s1. The van der Waals surface area contributed by atoms with Crippen molar-refractivity contribution in [2.24, 2.45) is 11.7 Å². The number of carboxylic acids is 1. The van der Waals surface area contributed by atoms with Gasteiger partial charge in [-0.25, -0.2) is 4.79 Å². The molecule has 7 rings (SSSR count). The average molecular weight is 1220 g/mol. The molecule has 3 aliphatic heterocycles. The van der Waals surface area contributed by atoms with Gasteiger partial charge in [-0.2, -0.15) is 0 Å². The number of nitrogens with zero attached hydrogens (tertiary/aromatic N) is 4. The Morgan fingerprint density at radius 2 is 1.41 bits per heavy atom. The zero-order valence-electron chi connectivity index (χ0n) is 47.5. The molecular weight excluding hydrogens is 1140 g/mol. The van der Waals surface area contributed by atoms with Gasteiger partial charge in [0.1, 0.15) is 52.0 Å². The van der Waals surface area contributed by atoms with E-state index in [-0.39, 0.29) is 36.4 Å². The Bertz CT molecular complexity index is 3040. The number of phenols is 1. The van der Waals surface area contributed by atoms with Crippen LogP contribution in [-0.2, 0) is 40.0 Å². The number of aliphatic hydroxyl groups is 6. The smallest absolute Gasteiger partial charge is 0.341 e. The van der Waals surface area contributed by atoms with Crippen molar-refractivity contribution in [3.05, 3.63) is 77.9 Å². The minimum absolute atomic E-state index is 0.0203. The fraction of sp³-hybridized carbons (Fsp3) is 0.509. The van der Waals surface area contributed by atoms with Gasteiger partial charge in [-0.1, -0.05) is 56.2 Å². The first kappa shape index (κ1) is 65.6. The molecule has 1 unspecified atom stereocenters. The van der Waals surface area contributed by atoms with Crippen LogP contribution in [0, 0.1) is 5.92 Å². The van der Waals surface area contributed by atoms with Crippen LogP contribution in [0.3, 0.4) is 0 Å². The van der Waals surface area contributed by atoms with Crippen molar-refractivity contribution < 1.29 is 88.7 Å². The summed E-state index contributed by atoms with van der Waals surface area (Å²) in [6, 6.07) is 5.87. The molecule has 28 nitrogen and oxygen atoms in total. The lowest BCUT2D eigenvalue weighted by Gasteiger charge is -2.34. The largest absolute Gasteiger partial charge is 0.504 e. The van der Waals surface area contributed by atoms with E-state index >= 15 is 0 Å². The summed E-state index contributed by atoms with van der Waals surface area (Å²) >= 11 is 1.30. The maximum atomic E-state index is 14.7. The highest BCUT2D eigenvalue weighted by atomic mass is 32.1. The Labute approximate surface area is 498 Å². The lowest BCUT2D eigenvalue weighted by atomic mass is 9.98. The highest BCUT2D eigenvalue weighted by Crippen LogP contribution is 2.32. The second-order valence-corrected chi connectivity index (χ2v) is 22.6. The number of ether oxygens (including phenoxy) is 2. The van der Waals surface area contributed by atoms with Crippen molar-refractivity contribution in [1.29, 1.82) is 0 Å². The number of carbonyl (C=O) groups is 8. The van der Waals surface area contributed by atoms with Crippen molar-refractivity contribution in [2.45, 2.75) is 139 Å². The van der Waals surface area contributed by atoms with Gasteiger partial charge >= 0.3 is 5.97 Å². The van der Waals surface area contributed by atoms with Crippen LogP contribution in [0.4, 0.5) is 0 Å². The summed E-state index contributed by atoms with van der Waals surface area (Å²) in [6.45, 7) is 2.67. The summed E-state index contributed by atoms with van der Waals surface area (Å²) in [7, 11) is 0. The lowest BCUT2D eigenvalue weighted by Crippen LogP contribution is -2.64. The molecule has 3 fully saturated rings. The Morgan fingerprint density at radius 1 is 0.767 bits per heavy atom. The van der Waals surface area contributed by atoms with Crippen LogP contribution < -0.4 is 41.8 Å². The first-order valence-electron chi connectivity index (χ1n) is 28.2. The fourth-order valence-corrected chi connectivity index (χ4v) is 11.1. The molecule has 3 saturated heterocycles. The van der Waals surface area contributed by atoms with Gasteiger partial charge in [0.25, 0.3) is 5.91 Å². The van der Waals surface area contributed by atoms with Crippen molar-refractivity contribution in [3.8, 4) is 38.4 Å². The van der Waals surface area contributed by atoms with E-state index in [0.29, 0.717) is 22.2 Å². The second-order valence-electron chi connectivity index (χ2n) is 21.6. The average Bonchev–Trinajstić information content (AvgIpc) is 2.37. The molecule has 4 aromatic rings. The van der Waals surface area contributed by atoms with E-state index in [1.54, 1.807) is 12.1 Å². The molecule has 15 N–H and O–H groups in total. The zero-order valence-corrected chi connectivity index (χ0v) is 48.3. The quantitative estimate of drug-likeness (QED) is 0.0448. The van der Waals surface area contributed by atoms with Crippen LogP contribution in [0.15, 0.2) is 66.7 Å². The zero-order chi connectivity index (χ0) is 62.5. The first-order valence-corrected chi connectivity index (χ1v) is 29.0. The third kappa shape index (κ3) is 16.5. The summed E-state index contributed by atoms with van der Waals surface area (Å²) in [5, 5.41) is 110. The van der Waals surface area contributed by atoms with Crippen molar-refractivity contribution >= 4 is 58.7 Å². The van der Waals surface area contributed by atoms with E-state index in [1.807, 2.05) is 24.3 Å². The molecule has 0 radical (unpaired) electrons. The lowest BCUT2D eigenvalue weighted by molar-refractivity contribution is -0.147. The van der Waals surface area contributed by atoms with Gasteiger partial charge in [0.15, 0.2) is 18.1 Å². The number of aromatic nitrogens is 2. The van der Waals surface area contributed by atoms with Crippen LogP contribution >= 0.6 is 11.3 Å². The van der Waals surface area contributed by atoms with Gasteiger partial charge in [0, 0.05) is 61.5 Å². The minimum atomic E-state index is -2.12. The van der Waals surface area contributed by atoms with Crippen molar-refractivity contribution in [2.75, 3.05) is 39.4 Å². The van der Waals surface area contributed by atoms with Gasteiger partial charge < -0.3 is 92.4 Å². The maximum Gasteiger partial charge on any atom is 0.341 e. The minimum Gasteiger partial charge on any atom is -0.504 e. The number of unbranched alkanes of at least 4 members (excludes halogenated alkanes) is 2. The predicted octanol–water partition coefficient (Wildman–Crippen LogP) is -2.09. The maximum absolute atomic E-state index is 14.7. The van der Waals surface area contributed by atoms with Crippen LogP contribution in [-0.4, -0.2) is 220 Å². The third-order valence-corrected chi connectivity index (χ3v) is 16.0. The number of hydrogen-bond donors (Lipinski definition) is 14. The molecule has 3 aliphatic rings. The number of β-amino-alcohol motifs (C(OH)–C–C–N with tert-alkyl or cyclic N) is 1. The van der Waals surface area contributed by atoms with Crippen LogP contribution in [0.25, 0.3) is 21.1 Å². The second kappa shape index (κ2) is 29.9. The van der Waals surface area contributed by atoms with E-state index in [1.165, 1.54) is 36.5 Å². The Morgan fingerprint density at radius 3 is 2.05 bits per heavy atom. The molecule has 29 heteroatoms. The molecule has 4 heterocycles. The SMILES string of the molecule is CCCCCOc1ccc(-c2nnc(-c3ccc(C(=O)NC4C[C@@H](O)CNC(=O)[C@@H]5[C@@H](O)[C@@H](C)CN5C(=O)[C@H]([C@H](O)CCN)NC(=O)[C@H]([C@H](O)Cc5ccc(O)c(OCC(=O)O)c5)NC(=O)[C@@H]5C[C@@H](O)CN5C(=O)[C@H]([C@@H](C)O)NC4=O)cc3)s2)cc1. The van der Waals surface area contributed by atoms with Gasteiger partial charge in [0.05, 0.1) is 43.2 Å². The molecule has 0 bridgehead atoms. The van der Waals surface area contributed by atoms with E-state index < -0.39 is 171 Å². The topological polar surface area (TPSA) is 435 Å². The number of nitrogens with two attached hydrogens (primary N) is 1. The molecule has 466 valence electrons. The summed E-state index contributed by atoms with van der Waals surface area (Å²) in [4.78, 5) is 114. The van der Waals surface area contributed by atoms with Gasteiger partial charge in [0.2, 0.25) is 35.4 Å². The highest BCUT2D eigenvalue weighted by molar-refractivity contribution is 7.17. The number of aromatic hydroxyl groups is 1. The van der Waals surface area contributed by atoms with Crippen LogP contribution in [0.2, 0.25) is 0 Å². The van der Waals surface area contributed by atoms with Gasteiger partial charge in [-0.3, -0.25) is 33.6 Å². The summed E-state index contributed by atoms with van der Waals surface area (Å²) in [6.07, 6.45) is -9.21. The number of phenolic OH excluding ortho intramolecular Hbond substituents is 1. The molecule has 1 aromatic heterocycles. The number of benzene rings is 3. The monoisotopic (exact) mass is 1220 g/mol. The van der Waals surface area contributed by atoms with Gasteiger partial charge in [-0.05, 0) is 80.4 Å². The molecule has 86 heavy (non-hydrogen) atoms. The van der Waals surface area contributed by atoms with E-state index in [9.17, 15) is 74.1 Å². The summed E-state index contributed by atoms with van der Waals surface area (Å²) in [5.74, 6) is -10.1. The number of carboxylic acid groups (broad SMARTS) is 1. The van der Waals surface area contributed by atoms with Crippen LogP contribution in [0.5, 0.6) is 17.2 Å². The predicted molar refractivity (Wildman–Crippen MR) is 306 cm³/mol. The molecule has 0 spiro atoms. The normalized spacial score (nSPS) is 25.5. The Hall–Kier alpha value is -7.90. The Kier molecular flexibility index (Phi) is 22.9. The molecule has 13 atom stereocenters. The molecule has 0 saturated carbocycles. The molecule has 7 amide bonds. The fourth-order valence-electron chi connectivity index (χ4n) is 10.3. The molecular formula is C57H74N10O18S. The number of amides is 7. The summed E-state index contributed by atoms with van der Waals surface area (Å²) < 4.78 is 11.0. The number of hydrogen-bond acceptors (Lipinski definition) is 21. The van der Waals surface area contributed by atoms with Crippen molar-refractivity contribution in [1.82, 2.24) is 46.6 Å². The van der Waals surface area contributed by atoms with E-state index in [2.05, 4.69) is 43.7 Å². The third-order valence-electron chi connectivity index (χ3n) is 15.0. The van der Waals surface area contributed by atoms with Crippen molar-refractivity contribution in [3.63, 3.8) is 0 Å². The number of aliphatic carboxylic acids is 1. The number of carbonyl (C=O) groups excluding carboxylic acids is 7. The number of rotatable bonds is 19. The number of fused-ring (bicyclic) bond motifs is 2. The van der Waals surface area contributed by atoms with Gasteiger partial charge in [-0.15, -0.1) is 10.2 Å². The highest BCUT2D eigenvalue weighted by Gasteiger charge is 2.50. The first-order chi connectivity index (χ1) is 41.0. The molecule has 0 aliphatic carbocycles. The van der Waals surface area contributed by atoms with Crippen LogP contribution in [0.1, 0.15) is 75.2 Å². The van der Waals surface area contributed by atoms with E-state index in [0.717, 1.165) is 59.4 Å². The summed E-state index contributed by atoms with van der Waals surface area (Å²) in [5.41, 5.74) is 7.29. The number of nitrogens with one attached hydrogen (secondary N) is 5. The number of aliphatic hydroxyl groups excluding tert-OH is 6. The Balaban J connectivity index is 1.18. The van der Waals surface area contributed by atoms with E-state index in [4.69, 9.17) is 20.3 Å². The molecule has 3 aromatic carbocycles.